The lowest BCUT2D eigenvalue weighted by Gasteiger charge is -2.14. The summed E-state index contributed by atoms with van der Waals surface area (Å²) in [4.78, 5) is 12.3. The highest BCUT2D eigenvalue weighted by Crippen LogP contribution is 2.29. The average Bonchev–Trinajstić information content (AvgIpc) is 2.56. The highest BCUT2D eigenvalue weighted by molar-refractivity contribution is 5.94. The van der Waals surface area contributed by atoms with Crippen LogP contribution in [-0.2, 0) is 11.2 Å². The summed E-state index contributed by atoms with van der Waals surface area (Å²) in [6, 6.07) is 11.0. The molecule has 2 aromatic rings. The molecule has 0 saturated heterocycles. The highest BCUT2D eigenvalue weighted by atomic mass is 16.5. The minimum absolute atomic E-state index is 0.154. The Morgan fingerprint density at radius 1 is 0.957 bits per heavy atom. The number of anilines is 1. The van der Waals surface area contributed by atoms with E-state index in [-0.39, 0.29) is 12.3 Å². The molecular weight excluding hydrogens is 294 g/mol. The first kappa shape index (κ1) is 16.7. The molecule has 0 bridgehead atoms. The number of nitrogens with one attached hydrogen (secondary N) is 1. The molecule has 23 heavy (non-hydrogen) atoms. The number of aryl methyl sites for hydroxylation is 1. The van der Waals surface area contributed by atoms with Gasteiger partial charge in [-0.05, 0) is 36.8 Å². The Labute approximate surface area is 136 Å². The van der Waals surface area contributed by atoms with Gasteiger partial charge < -0.3 is 19.5 Å². The average molecular weight is 315 g/mol. The van der Waals surface area contributed by atoms with Gasteiger partial charge in [0.15, 0.2) is 0 Å². The quantitative estimate of drug-likeness (QED) is 0.889. The van der Waals surface area contributed by atoms with E-state index in [9.17, 15) is 4.79 Å². The molecule has 1 amide bonds. The van der Waals surface area contributed by atoms with Crippen molar-refractivity contribution in [3.05, 3.63) is 47.5 Å². The van der Waals surface area contributed by atoms with Crippen molar-refractivity contribution in [1.82, 2.24) is 0 Å². The van der Waals surface area contributed by atoms with Gasteiger partial charge in [0, 0.05) is 5.56 Å². The minimum atomic E-state index is -0.154. The Kier molecular flexibility index (Phi) is 5.46. The second-order valence-corrected chi connectivity index (χ2v) is 5.06. The highest BCUT2D eigenvalue weighted by Gasteiger charge is 2.14. The molecule has 0 unspecified atom stereocenters. The van der Waals surface area contributed by atoms with Crippen molar-refractivity contribution in [2.75, 3.05) is 26.6 Å². The van der Waals surface area contributed by atoms with E-state index < -0.39 is 0 Å². The third-order valence-electron chi connectivity index (χ3n) is 3.53. The van der Waals surface area contributed by atoms with Crippen LogP contribution in [0.2, 0.25) is 0 Å². The predicted octanol–water partition coefficient (Wildman–Crippen LogP) is 3.20. The number of rotatable bonds is 6. The van der Waals surface area contributed by atoms with Gasteiger partial charge >= 0.3 is 0 Å². The molecule has 122 valence electrons. The number of methoxy groups -OCH3 is 3. The van der Waals surface area contributed by atoms with Gasteiger partial charge in [0.05, 0.1) is 33.4 Å². The van der Waals surface area contributed by atoms with Crippen LogP contribution in [0.4, 0.5) is 5.69 Å². The van der Waals surface area contributed by atoms with E-state index in [0.717, 1.165) is 16.9 Å². The maximum atomic E-state index is 12.3. The van der Waals surface area contributed by atoms with E-state index in [1.165, 1.54) is 0 Å². The van der Waals surface area contributed by atoms with Gasteiger partial charge in [0.2, 0.25) is 5.91 Å². The molecule has 1 N–H and O–H groups in total. The lowest BCUT2D eigenvalue weighted by atomic mass is 10.1. The van der Waals surface area contributed by atoms with Crippen LogP contribution in [0.1, 0.15) is 11.1 Å². The van der Waals surface area contributed by atoms with Crippen LogP contribution in [0.3, 0.4) is 0 Å². The fourth-order valence-electron chi connectivity index (χ4n) is 2.37. The number of hydrogen-bond acceptors (Lipinski definition) is 4. The van der Waals surface area contributed by atoms with E-state index in [1.807, 2.05) is 31.2 Å². The molecule has 0 aliphatic carbocycles. The third-order valence-corrected chi connectivity index (χ3v) is 3.53. The molecule has 0 heterocycles. The molecule has 0 fully saturated rings. The van der Waals surface area contributed by atoms with Crippen LogP contribution >= 0.6 is 0 Å². The van der Waals surface area contributed by atoms with Gasteiger partial charge in [-0.15, -0.1) is 0 Å². The summed E-state index contributed by atoms with van der Waals surface area (Å²) in [5.74, 6) is 1.86. The Bertz CT molecular complexity index is 697. The molecule has 0 atom stereocenters. The van der Waals surface area contributed by atoms with Crippen LogP contribution < -0.4 is 19.5 Å². The van der Waals surface area contributed by atoms with Crippen LogP contribution in [0.25, 0.3) is 0 Å². The van der Waals surface area contributed by atoms with Crippen LogP contribution in [0.5, 0.6) is 17.2 Å². The third kappa shape index (κ3) is 3.94. The SMILES string of the molecule is COc1cc(CC(=O)Nc2ccccc2OC)c(OC)cc1C. The summed E-state index contributed by atoms with van der Waals surface area (Å²) in [5.41, 5.74) is 2.36. The fourth-order valence-corrected chi connectivity index (χ4v) is 2.37. The van der Waals surface area contributed by atoms with Crippen molar-refractivity contribution in [2.45, 2.75) is 13.3 Å². The second kappa shape index (κ2) is 7.54. The Balaban J connectivity index is 2.20. The normalized spacial score (nSPS) is 10.1. The fraction of sp³-hybridized carbons (Fsp3) is 0.278. The van der Waals surface area contributed by atoms with Gasteiger partial charge in [-0.1, -0.05) is 12.1 Å². The van der Waals surface area contributed by atoms with Gasteiger partial charge in [-0.2, -0.15) is 0 Å². The summed E-state index contributed by atoms with van der Waals surface area (Å²) < 4.78 is 15.9. The first-order valence-electron chi connectivity index (χ1n) is 7.23. The van der Waals surface area contributed by atoms with Gasteiger partial charge in [-0.3, -0.25) is 4.79 Å². The number of benzene rings is 2. The maximum Gasteiger partial charge on any atom is 0.229 e. The lowest BCUT2D eigenvalue weighted by molar-refractivity contribution is -0.115. The van der Waals surface area contributed by atoms with E-state index in [0.29, 0.717) is 17.2 Å². The van der Waals surface area contributed by atoms with Crippen molar-refractivity contribution in [1.29, 1.82) is 0 Å². The molecule has 2 aromatic carbocycles. The monoisotopic (exact) mass is 315 g/mol. The molecule has 0 saturated carbocycles. The van der Waals surface area contributed by atoms with Gasteiger partial charge in [-0.25, -0.2) is 0 Å². The van der Waals surface area contributed by atoms with Crippen molar-refractivity contribution in [3.8, 4) is 17.2 Å². The molecule has 0 radical (unpaired) electrons. The minimum Gasteiger partial charge on any atom is -0.496 e. The van der Waals surface area contributed by atoms with Crippen molar-refractivity contribution < 1.29 is 19.0 Å². The molecule has 0 aliphatic heterocycles. The van der Waals surface area contributed by atoms with Crippen LogP contribution in [0.15, 0.2) is 36.4 Å². The van der Waals surface area contributed by atoms with Crippen LogP contribution in [0, 0.1) is 6.92 Å². The first-order valence-corrected chi connectivity index (χ1v) is 7.23. The molecule has 0 aliphatic rings. The molecule has 0 spiro atoms. The van der Waals surface area contributed by atoms with Gasteiger partial charge in [0.25, 0.3) is 0 Å². The topological polar surface area (TPSA) is 56.8 Å². The Morgan fingerprint density at radius 3 is 2.26 bits per heavy atom. The number of carbonyl (C=O) groups is 1. The zero-order valence-electron chi connectivity index (χ0n) is 13.8. The van der Waals surface area contributed by atoms with E-state index >= 15 is 0 Å². The zero-order chi connectivity index (χ0) is 16.8. The Morgan fingerprint density at radius 2 is 1.61 bits per heavy atom. The molecule has 0 aromatic heterocycles. The summed E-state index contributed by atoms with van der Waals surface area (Å²) >= 11 is 0. The maximum absolute atomic E-state index is 12.3. The summed E-state index contributed by atoms with van der Waals surface area (Å²) in [6.07, 6.45) is 0.178. The molecule has 5 nitrogen and oxygen atoms in total. The summed E-state index contributed by atoms with van der Waals surface area (Å²) in [7, 11) is 4.76. The number of para-hydroxylation sites is 2. The second-order valence-electron chi connectivity index (χ2n) is 5.06. The van der Waals surface area contributed by atoms with Crippen molar-refractivity contribution in [2.24, 2.45) is 0 Å². The summed E-state index contributed by atoms with van der Waals surface area (Å²) in [6.45, 7) is 1.93. The number of ether oxygens (including phenoxy) is 3. The van der Waals surface area contributed by atoms with Crippen molar-refractivity contribution in [3.63, 3.8) is 0 Å². The Hall–Kier alpha value is -2.69. The van der Waals surface area contributed by atoms with E-state index in [2.05, 4.69) is 5.32 Å². The molecule has 2 rings (SSSR count). The van der Waals surface area contributed by atoms with E-state index in [1.54, 1.807) is 33.5 Å². The standard InChI is InChI=1S/C18H21NO4/c1-12-9-17(23-4)13(10-16(12)22-3)11-18(20)19-14-7-5-6-8-15(14)21-2/h5-10H,11H2,1-4H3,(H,19,20). The lowest BCUT2D eigenvalue weighted by Crippen LogP contribution is -2.15. The number of amides is 1. The summed E-state index contributed by atoms with van der Waals surface area (Å²) in [5, 5.41) is 2.85. The van der Waals surface area contributed by atoms with Crippen molar-refractivity contribution >= 4 is 11.6 Å². The van der Waals surface area contributed by atoms with Crippen LogP contribution in [-0.4, -0.2) is 27.2 Å². The molecular formula is C18H21NO4. The largest absolute Gasteiger partial charge is 0.496 e. The first-order chi connectivity index (χ1) is 11.1. The number of hydrogen-bond donors (Lipinski definition) is 1. The predicted molar refractivity (Wildman–Crippen MR) is 89.6 cm³/mol. The molecule has 5 heteroatoms. The van der Waals surface area contributed by atoms with Gasteiger partial charge in [0.1, 0.15) is 17.2 Å². The smallest absolute Gasteiger partial charge is 0.229 e. The van der Waals surface area contributed by atoms with E-state index in [4.69, 9.17) is 14.2 Å². The zero-order valence-corrected chi connectivity index (χ0v) is 13.8. The number of carbonyl (C=O) groups excluding carboxylic acids is 1.